The van der Waals surface area contributed by atoms with Gasteiger partial charge in [-0.1, -0.05) is 49.1 Å². The predicted molar refractivity (Wildman–Crippen MR) is 102 cm³/mol. The van der Waals surface area contributed by atoms with Crippen molar-refractivity contribution in [3.8, 4) is 0 Å². The van der Waals surface area contributed by atoms with Gasteiger partial charge in [-0.05, 0) is 31.7 Å². The highest BCUT2D eigenvalue weighted by Gasteiger charge is 2.35. The van der Waals surface area contributed by atoms with Crippen LogP contribution in [0.5, 0.6) is 0 Å². The van der Waals surface area contributed by atoms with E-state index in [1.54, 1.807) is 0 Å². The minimum absolute atomic E-state index is 0.0801. The van der Waals surface area contributed by atoms with Crippen LogP contribution in [-0.2, 0) is 21.5 Å². The molecule has 0 atom stereocenters. The van der Waals surface area contributed by atoms with Crippen molar-refractivity contribution in [2.75, 3.05) is 19.6 Å². The van der Waals surface area contributed by atoms with Crippen LogP contribution in [-0.4, -0.2) is 48.6 Å². The highest BCUT2D eigenvalue weighted by Crippen LogP contribution is 2.20. The van der Waals surface area contributed by atoms with E-state index in [9.17, 15) is 13.2 Å². The van der Waals surface area contributed by atoms with Crippen LogP contribution >= 0.6 is 0 Å². The molecule has 0 unspecified atom stereocenters. The third-order valence-electron chi connectivity index (χ3n) is 5.24. The van der Waals surface area contributed by atoms with E-state index in [0.29, 0.717) is 19.6 Å². The SMILES string of the molecule is Cc1ccc(CN2CCCN(CC(=O)NC3CCCCC3)S2(=O)=O)cc1. The lowest BCUT2D eigenvalue weighted by atomic mass is 9.95. The molecule has 2 fully saturated rings. The number of aryl methyl sites for hydroxylation is 1. The summed E-state index contributed by atoms with van der Waals surface area (Å²) in [5.41, 5.74) is 2.11. The predicted octanol–water partition coefficient (Wildman–Crippen LogP) is 2.20. The van der Waals surface area contributed by atoms with Gasteiger partial charge in [-0.2, -0.15) is 17.0 Å². The average molecular weight is 380 g/mol. The zero-order valence-corrected chi connectivity index (χ0v) is 16.3. The molecule has 0 bridgehead atoms. The summed E-state index contributed by atoms with van der Waals surface area (Å²) >= 11 is 0. The molecule has 1 heterocycles. The number of nitrogens with one attached hydrogen (secondary N) is 1. The standard InChI is InChI=1S/C19H29N3O3S/c1-16-8-10-17(11-9-16)14-21-12-5-13-22(26(21,24)25)15-19(23)20-18-6-3-2-4-7-18/h8-11,18H,2-7,12-15H2,1H3,(H,20,23). The first-order valence-corrected chi connectivity index (χ1v) is 10.9. The maximum atomic E-state index is 12.9. The van der Waals surface area contributed by atoms with E-state index in [2.05, 4.69) is 5.32 Å². The smallest absolute Gasteiger partial charge is 0.282 e. The molecule has 1 saturated carbocycles. The quantitative estimate of drug-likeness (QED) is 0.853. The third kappa shape index (κ3) is 4.84. The zero-order valence-electron chi connectivity index (χ0n) is 15.5. The molecule has 1 aliphatic carbocycles. The topological polar surface area (TPSA) is 69.7 Å². The fourth-order valence-electron chi connectivity index (χ4n) is 3.72. The van der Waals surface area contributed by atoms with Crippen LogP contribution in [0.3, 0.4) is 0 Å². The first-order chi connectivity index (χ1) is 12.4. The van der Waals surface area contributed by atoms with Crippen molar-refractivity contribution < 1.29 is 13.2 Å². The van der Waals surface area contributed by atoms with Crippen LogP contribution in [0.2, 0.25) is 0 Å². The summed E-state index contributed by atoms with van der Waals surface area (Å²) in [6, 6.07) is 8.09. The number of rotatable bonds is 5. The van der Waals surface area contributed by atoms with Crippen LogP contribution in [0.15, 0.2) is 24.3 Å². The summed E-state index contributed by atoms with van der Waals surface area (Å²) in [6.07, 6.45) is 6.23. The summed E-state index contributed by atoms with van der Waals surface area (Å²) in [6.45, 7) is 3.18. The van der Waals surface area contributed by atoms with Gasteiger partial charge in [0.1, 0.15) is 0 Å². The van der Waals surface area contributed by atoms with Gasteiger partial charge in [0.2, 0.25) is 5.91 Å². The first kappa shape index (κ1) is 19.3. The minimum Gasteiger partial charge on any atom is -0.352 e. The monoisotopic (exact) mass is 379 g/mol. The molecule has 0 aromatic heterocycles. The van der Waals surface area contributed by atoms with E-state index in [4.69, 9.17) is 0 Å². The summed E-state index contributed by atoms with van der Waals surface area (Å²) in [4.78, 5) is 12.3. The highest BCUT2D eigenvalue weighted by molar-refractivity contribution is 7.86. The highest BCUT2D eigenvalue weighted by atomic mass is 32.2. The summed E-state index contributed by atoms with van der Waals surface area (Å²) in [5.74, 6) is -0.183. The fourth-order valence-corrected chi connectivity index (χ4v) is 5.36. The van der Waals surface area contributed by atoms with Crippen molar-refractivity contribution in [2.24, 2.45) is 0 Å². The van der Waals surface area contributed by atoms with Gasteiger partial charge in [0.25, 0.3) is 10.2 Å². The lowest BCUT2D eigenvalue weighted by Crippen LogP contribution is -2.53. The molecule has 2 aliphatic rings. The van der Waals surface area contributed by atoms with Crippen LogP contribution in [0, 0.1) is 6.92 Å². The number of carbonyl (C=O) groups is 1. The van der Waals surface area contributed by atoms with Gasteiger partial charge < -0.3 is 5.32 Å². The number of hydrogen-bond donors (Lipinski definition) is 1. The lowest BCUT2D eigenvalue weighted by Gasteiger charge is -2.34. The summed E-state index contributed by atoms with van der Waals surface area (Å²) < 4.78 is 28.6. The van der Waals surface area contributed by atoms with Crippen LogP contribution in [0.1, 0.15) is 49.7 Å². The van der Waals surface area contributed by atoms with E-state index < -0.39 is 10.2 Å². The number of benzene rings is 1. The molecule has 26 heavy (non-hydrogen) atoms. The largest absolute Gasteiger partial charge is 0.352 e. The Bertz CT molecular complexity index is 712. The minimum atomic E-state index is -3.60. The van der Waals surface area contributed by atoms with Crippen LogP contribution in [0.4, 0.5) is 0 Å². The zero-order chi connectivity index (χ0) is 18.6. The molecule has 144 valence electrons. The maximum Gasteiger partial charge on any atom is 0.282 e. The number of hydrogen-bond acceptors (Lipinski definition) is 3. The molecule has 1 amide bonds. The molecule has 7 heteroatoms. The Kier molecular flexibility index (Phi) is 6.32. The molecule has 1 N–H and O–H groups in total. The van der Waals surface area contributed by atoms with Gasteiger partial charge >= 0.3 is 0 Å². The molecule has 6 nitrogen and oxygen atoms in total. The summed E-state index contributed by atoms with van der Waals surface area (Å²) in [5, 5.41) is 3.01. The van der Waals surface area contributed by atoms with Gasteiger partial charge in [-0.25, -0.2) is 0 Å². The maximum absolute atomic E-state index is 12.9. The Hall–Kier alpha value is -1.44. The van der Waals surface area contributed by atoms with Crippen molar-refractivity contribution in [3.05, 3.63) is 35.4 Å². The average Bonchev–Trinajstić information content (AvgIpc) is 2.61. The van der Waals surface area contributed by atoms with Crippen LogP contribution < -0.4 is 5.32 Å². The Morgan fingerprint density at radius 2 is 1.69 bits per heavy atom. The number of carbonyl (C=O) groups excluding carboxylic acids is 1. The van der Waals surface area contributed by atoms with E-state index in [1.807, 2.05) is 31.2 Å². The lowest BCUT2D eigenvalue weighted by molar-refractivity contribution is -0.122. The molecule has 3 rings (SSSR count). The Morgan fingerprint density at radius 3 is 2.38 bits per heavy atom. The first-order valence-electron chi connectivity index (χ1n) is 9.55. The molecule has 1 aliphatic heterocycles. The van der Waals surface area contributed by atoms with E-state index >= 15 is 0 Å². The molecular formula is C19H29N3O3S. The van der Waals surface area contributed by atoms with Gasteiger partial charge in [-0.3, -0.25) is 4.79 Å². The second-order valence-corrected chi connectivity index (χ2v) is 9.34. The second-order valence-electron chi connectivity index (χ2n) is 7.42. The number of nitrogens with zero attached hydrogens (tertiary/aromatic N) is 2. The molecule has 0 radical (unpaired) electrons. The van der Waals surface area contributed by atoms with Crippen molar-refractivity contribution in [3.63, 3.8) is 0 Å². The van der Waals surface area contributed by atoms with Gasteiger partial charge in [0, 0.05) is 25.7 Å². The van der Waals surface area contributed by atoms with Gasteiger partial charge in [0.15, 0.2) is 0 Å². The molecule has 1 aromatic rings. The third-order valence-corrected chi connectivity index (χ3v) is 7.17. The summed E-state index contributed by atoms with van der Waals surface area (Å²) in [7, 11) is -3.60. The molecule has 1 saturated heterocycles. The molecule has 0 spiro atoms. The number of amides is 1. The normalized spacial score (nSPS) is 22.2. The molecule has 1 aromatic carbocycles. The fraction of sp³-hybridized carbons (Fsp3) is 0.632. The van der Waals surface area contributed by atoms with Crippen molar-refractivity contribution in [2.45, 2.75) is 58.0 Å². The van der Waals surface area contributed by atoms with Crippen molar-refractivity contribution in [1.29, 1.82) is 0 Å². The van der Waals surface area contributed by atoms with Crippen LogP contribution in [0.25, 0.3) is 0 Å². The van der Waals surface area contributed by atoms with E-state index in [-0.39, 0.29) is 18.5 Å². The van der Waals surface area contributed by atoms with Gasteiger partial charge in [0.05, 0.1) is 6.54 Å². The Balaban J connectivity index is 1.60. The Morgan fingerprint density at radius 1 is 1.04 bits per heavy atom. The van der Waals surface area contributed by atoms with E-state index in [0.717, 1.165) is 43.2 Å². The van der Waals surface area contributed by atoms with Crippen molar-refractivity contribution >= 4 is 16.1 Å². The molecular weight excluding hydrogens is 350 g/mol. The van der Waals surface area contributed by atoms with Gasteiger partial charge in [-0.15, -0.1) is 0 Å². The Labute approximate surface area is 156 Å². The van der Waals surface area contributed by atoms with E-state index in [1.165, 1.54) is 15.0 Å². The second kappa shape index (κ2) is 8.50. The van der Waals surface area contributed by atoms with Crippen molar-refractivity contribution in [1.82, 2.24) is 13.9 Å².